The molecule has 0 amide bonds. The number of nitrogens with zero attached hydrogens (tertiary/aromatic N) is 2. The molecule has 11 atom stereocenters. The van der Waals surface area contributed by atoms with Crippen molar-refractivity contribution in [3.05, 3.63) is 29.8 Å². The van der Waals surface area contributed by atoms with Crippen LogP contribution >= 0.6 is 0 Å². The van der Waals surface area contributed by atoms with Gasteiger partial charge < -0.3 is 25.0 Å². The Bertz CT molecular complexity index is 896. The fraction of sp³-hybridized carbons (Fsp3) is 0.769. The van der Waals surface area contributed by atoms with Crippen LogP contribution in [0.25, 0.3) is 0 Å². The molecule has 6 aliphatic rings. The highest BCUT2D eigenvalue weighted by Crippen LogP contribution is 2.71. The molecule has 5 unspecified atom stereocenters. The van der Waals surface area contributed by atoms with Crippen molar-refractivity contribution in [3.8, 4) is 0 Å². The van der Waals surface area contributed by atoms with Crippen molar-refractivity contribution >= 4 is 5.69 Å². The van der Waals surface area contributed by atoms with E-state index in [1.54, 1.807) is 0 Å². The van der Waals surface area contributed by atoms with Crippen LogP contribution in [0.3, 0.4) is 0 Å². The van der Waals surface area contributed by atoms with Crippen LogP contribution in [0.15, 0.2) is 24.3 Å². The third-order valence-electron chi connectivity index (χ3n) is 10.3. The van der Waals surface area contributed by atoms with E-state index in [0.717, 1.165) is 25.7 Å². The molecular weight excluding hydrogens is 404 g/mol. The number of likely N-dealkylation sites (N-methyl/N-ethyl adjacent to an activating group) is 1. The number of ether oxygens (including phenoxy) is 1. The smallest absolute Gasteiger partial charge is 0.194 e. The van der Waals surface area contributed by atoms with Crippen LogP contribution < -0.4 is 4.90 Å². The largest absolute Gasteiger partial charge is 0.392 e. The van der Waals surface area contributed by atoms with Crippen LogP contribution in [0.2, 0.25) is 0 Å². The molecule has 5 heterocycles. The van der Waals surface area contributed by atoms with E-state index >= 15 is 0 Å². The Morgan fingerprint density at radius 1 is 1.22 bits per heavy atom. The molecule has 5 bridgehead atoms. The number of quaternary nitrogens is 1. The van der Waals surface area contributed by atoms with Gasteiger partial charge in [-0.25, -0.2) is 0 Å². The maximum absolute atomic E-state index is 12.0. The average Bonchev–Trinajstić information content (AvgIpc) is 3.17. The lowest BCUT2D eigenvalue weighted by atomic mass is 9.60. The van der Waals surface area contributed by atoms with E-state index in [1.807, 2.05) is 0 Å². The van der Waals surface area contributed by atoms with Crippen LogP contribution in [0.4, 0.5) is 5.69 Å². The molecule has 1 aromatic rings. The first-order valence-corrected chi connectivity index (χ1v) is 12.7. The van der Waals surface area contributed by atoms with E-state index in [0.29, 0.717) is 30.2 Å². The summed E-state index contributed by atoms with van der Waals surface area (Å²) in [7, 11) is 2.17. The predicted molar refractivity (Wildman–Crippen MR) is 122 cm³/mol. The lowest BCUT2D eigenvalue weighted by Crippen LogP contribution is -2.83. The molecule has 6 heteroatoms. The second-order valence-corrected chi connectivity index (χ2v) is 11.3. The van der Waals surface area contributed by atoms with E-state index in [-0.39, 0.29) is 35.4 Å². The van der Waals surface area contributed by atoms with E-state index in [1.165, 1.54) is 11.3 Å². The summed E-state index contributed by atoms with van der Waals surface area (Å²) in [6, 6.07) is 9.17. The lowest BCUT2D eigenvalue weighted by molar-refractivity contribution is -1.04. The van der Waals surface area contributed by atoms with Gasteiger partial charge in [0.05, 0.1) is 30.2 Å². The van der Waals surface area contributed by atoms with Gasteiger partial charge in [0, 0.05) is 44.0 Å². The highest BCUT2D eigenvalue weighted by atomic mass is 16.5. The van der Waals surface area contributed by atoms with Crippen LogP contribution in [-0.4, -0.2) is 83.2 Å². The van der Waals surface area contributed by atoms with Gasteiger partial charge in [-0.3, -0.25) is 4.48 Å². The van der Waals surface area contributed by atoms with Gasteiger partial charge in [-0.15, -0.1) is 0 Å². The second-order valence-electron chi connectivity index (χ2n) is 11.3. The van der Waals surface area contributed by atoms with Crippen molar-refractivity contribution in [1.29, 1.82) is 0 Å². The number of aliphatic hydroxyl groups is 3. The molecule has 6 nitrogen and oxygen atoms in total. The fourth-order valence-corrected chi connectivity index (χ4v) is 9.54. The third kappa shape index (κ3) is 2.28. The van der Waals surface area contributed by atoms with Crippen LogP contribution in [0.5, 0.6) is 0 Å². The summed E-state index contributed by atoms with van der Waals surface area (Å²) in [6.07, 6.45) is 2.30. The predicted octanol–water partition coefficient (Wildman–Crippen LogP) is 1.86. The summed E-state index contributed by atoms with van der Waals surface area (Å²) in [4.78, 5) is 2.40. The molecule has 32 heavy (non-hydrogen) atoms. The Labute approximate surface area is 191 Å². The Hall–Kier alpha value is -1.18. The Kier molecular flexibility index (Phi) is 4.78. The Balaban J connectivity index is 1.47. The number of anilines is 1. The number of hydrogen-bond acceptors (Lipinski definition) is 5. The van der Waals surface area contributed by atoms with Crippen molar-refractivity contribution in [2.75, 3.05) is 31.7 Å². The van der Waals surface area contributed by atoms with Gasteiger partial charge in [0.15, 0.2) is 6.23 Å². The molecule has 7 rings (SSSR count). The lowest BCUT2D eigenvalue weighted by Gasteiger charge is -2.68. The molecule has 0 radical (unpaired) electrons. The van der Waals surface area contributed by atoms with Crippen molar-refractivity contribution < 1.29 is 24.5 Å². The first-order chi connectivity index (χ1) is 15.4. The number of benzene rings is 1. The minimum Gasteiger partial charge on any atom is -0.392 e. The topological polar surface area (TPSA) is 73.2 Å². The normalized spacial score (nSPS) is 48.2. The number of fused-ring (bicyclic) bond motifs is 2. The summed E-state index contributed by atoms with van der Waals surface area (Å²) in [6.45, 7) is 5.74. The Morgan fingerprint density at radius 3 is 2.75 bits per heavy atom. The highest BCUT2D eigenvalue weighted by Gasteiger charge is 2.83. The van der Waals surface area contributed by atoms with Gasteiger partial charge in [-0.1, -0.05) is 32.0 Å². The molecule has 5 fully saturated rings. The summed E-state index contributed by atoms with van der Waals surface area (Å²) >= 11 is 0. The van der Waals surface area contributed by atoms with Gasteiger partial charge in [0.1, 0.15) is 18.7 Å². The zero-order valence-electron chi connectivity index (χ0n) is 19.6. The fourth-order valence-electron chi connectivity index (χ4n) is 9.54. The summed E-state index contributed by atoms with van der Waals surface area (Å²) in [5.41, 5.74) is 2.27. The second kappa shape index (κ2) is 7.16. The molecule has 3 N–H and O–H groups in total. The van der Waals surface area contributed by atoms with Crippen molar-refractivity contribution in [2.45, 2.75) is 81.5 Å². The quantitative estimate of drug-likeness (QED) is 0.443. The van der Waals surface area contributed by atoms with Crippen molar-refractivity contribution in [3.63, 3.8) is 0 Å². The van der Waals surface area contributed by atoms with Crippen molar-refractivity contribution in [1.82, 2.24) is 0 Å². The van der Waals surface area contributed by atoms with Gasteiger partial charge in [-0.05, 0) is 30.4 Å². The number of rotatable bonds is 7. The molecule has 4 saturated heterocycles. The summed E-state index contributed by atoms with van der Waals surface area (Å²) in [5.74, 6) is 0.729. The maximum atomic E-state index is 12.0. The van der Waals surface area contributed by atoms with E-state index in [9.17, 15) is 15.3 Å². The minimum atomic E-state index is -0.606. The monoisotopic (exact) mass is 443 g/mol. The molecule has 1 aromatic carbocycles. The van der Waals surface area contributed by atoms with Gasteiger partial charge in [0.25, 0.3) is 0 Å². The molecule has 1 saturated carbocycles. The van der Waals surface area contributed by atoms with E-state index in [2.05, 4.69) is 50.1 Å². The summed E-state index contributed by atoms with van der Waals surface area (Å²) in [5, 5.41) is 35.0. The highest BCUT2D eigenvalue weighted by molar-refractivity contribution is 5.66. The van der Waals surface area contributed by atoms with Crippen LogP contribution in [-0.2, 0) is 10.2 Å². The van der Waals surface area contributed by atoms with Gasteiger partial charge >= 0.3 is 0 Å². The summed E-state index contributed by atoms with van der Waals surface area (Å²) < 4.78 is 6.27. The van der Waals surface area contributed by atoms with E-state index < -0.39 is 18.4 Å². The molecule has 176 valence electrons. The van der Waals surface area contributed by atoms with Gasteiger partial charge in [0.2, 0.25) is 0 Å². The number of para-hydroxylation sites is 1. The third-order valence-corrected chi connectivity index (χ3v) is 10.3. The SMILES string of the molecule is CCCOCC(O)C[N+]12[C@H](O)[C@@H](CC)C3C[C@H]1[C@@H]1N(C)c4ccccc4C14C[C@H]2C3[C@H]4O. The van der Waals surface area contributed by atoms with Crippen LogP contribution in [0, 0.1) is 17.8 Å². The maximum Gasteiger partial charge on any atom is 0.194 e. The Morgan fingerprint density at radius 2 is 2.00 bits per heavy atom. The molecule has 1 spiro atoms. The van der Waals surface area contributed by atoms with Crippen molar-refractivity contribution in [2.24, 2.45) is 17.8 Å². The molecule has 0 aromatic heterocycles. The first-order valence-electron chi connectivity index (χ1n) is 12.7. The molecule has 1 aliphatic carbocycles. The number of piperidine rings is 4. The standard InChI is InChI=1S/C26H39N2O4/c1-4-10-32-14-15(29)13-28-20-11-17(16(5-2)25(28)31)22-21(28)12-26(24(22)30)18-8-6-7-9-19(18)27(3)23(20)26/h6-9,15-17,20-25,29-31H,4-5,10-14H2,1-3H3/q+1/t15?,16-,17?,20-,21-,22?,23-,24+,25+,26?,28?/m0/s1. The first kappa shape index (κ1) is 21.4. The number of hydrogen-bond donors (Lipinski definition) is 3. The number of aliphatic hydroxyl groups excluding tert-OH is 3. The van der Waals surface area contributed by atoms with Crippen LogP contribution in [0.1, 0.15) is 45.1 Å². The zero-order valence-corrected chi connectivity index (χ0v) is 19.6. The van der Waals surface area contributed by atoms with Gasteiger partial charge in [-0.2, -0.15) is 0 Å². The molecule has 5 aliphatic heterocycles. The molecular formula is C26H39N2O4+. The zero-order chi connectivity index (χ0) is 22.4. The average molecular weight is 444 g/mol. The minimum absolute atomic E-state index is 0.150. The van der Waals surface area contributed by atoms with E-state index in [4.69, 9.17) is 4.74 Å².